The number of nitrogens with zero attached hydrogens (tertiary/aromatic N) is 1. The van der Waals surface area contributed by atoms with Crippen molar-refractivity contribution in [2.45, 2.75) is 6.54 Å². The highest BCUT2D eigenvalue weighted by Gasteiger charge is 2.17. The van der Waals surface area contributed by atoms with Crippen molar-refractivity contribution in [2.24, 2.45) is 0 Å². The molecule has 3 N–H and O–H groups in total. The highest BCUT2D eigenvalue weighted by atomic mass is 32.2. The number of rotatable bonds is 5. The first-order chi connectivity index (χ1) is 10.9. The third-order valence-electron chi connectivity index (χ3n) is 3.01. The number of phenols is 2. The fourth-order valence-corrected chi connectivity index (χ4v) is 2.73. The van der Waals surface area contributed by atoms with Crippen LogP contribution in [-0.4, -0.2) is 18.6 Å². The zero-order valence-electron chi connectivity index (χ0n) is 12.0. The predicted octanol–water partition coefficient (Wildman–Crippen LogP) is 2.08. The average molecular weight is 330 g/mol. The molecule has 23 heavy (non-hydrogen) atoms. The molecule has 0 spiro atoms. The maximum Gasteiger partial charge on any atom is 0.251 e. The van der Waals surface area contributed by atoms with E-state index in [0.717, 1.165) is 11.6 Å². The summed E-state index contributed by atoms with van der Waals surface area (Å²) in [6.45, 7) is 0.0586. The summed E-state index contributed by atoms with van der Waals surface area (Å²) >= 11 is 0. The summed E-state index contributed by atoms with van der Waals surface area (Å²) in [7, 11) is -3.99. The molecule has 0 fully saturated rings. The van der Waals surface area contributed by atoms with Gasteiger partial charge in [-0.2, -0.15) is 5.26 Å². The van der Waals surface area contributed by atoms with E-state index in [2.05, 4.69) is 4.72 Å². The molecule has 0 amide bonds. The van der Waals surface area contributed by atoms with Gasteiger partial charge in [-0.25, -0.2) is 13.1 Å². The second-order valence-corrected chi connectivity index (χ2v) is 6.41. The highest BCUT2D eigenvalue weighted by molar-refractivity contribution is 7.93. The van der Waals surface area contributed by atoms with E-state index in [1.54, 1.807) is 30.3 Å². The molecule has 118 valence electrons. The molecule has 0 aliphatic carbocycles. The third kappa shape index (κ3) is 4.32. The Balaban J connectivity index is 2.23. The Bertz CT molecular complexity index is 869. The van der Waals surface area contributed by atoms with Gasteiger partial charge in [0.25, 0.3) is 10.0 Å². The monoisotopic (exact) mass is 330 g/mol. The second-order valence-electron chi connectivity index (χ2n) is 4.68. The number of nitriles is 1. The van der Waals surface area contributed by atoms with Gasteiger partial charge in [-0.15, -0.1) is 0 Å². The van der Waals surface area contributed by atoms with Crippen molar-refractivity contribution >= 4 is 16.1 Å². The summed E-state index contributed by atoms with van der Waals surface area (Å²) in [4.78, 5) is -0.487. The third-order valence-corrected chi connectivity index (χ3v) is 4.32. The Kier molecular flexibility index (Phi) is 5.01. The van der Waals surface area contributed by atoms with Crippen LogP contribution in [0.4, 0.5) is 0 Å². The SMILES string of the molecule is N#CC(=Cc1ccc(O)c(O)c1)S(=O)(=O)NCc1ccccc1. The topological polar surface area (TPSA) is 110 Å². The molecule has 0 radical (unpaired) electrons. The Morgan fingerprint density at radius 3 is 2.43 bits per heavy atom. The lowest BCUT2D eigenvalue weighted by Gasteiger charge is -2.06. The van der Waals surface area contributed by atoms with E-state index in [0.29, 0.717) is 0 Å². The molecule has 0 aliphatic rings. The van der Waals surface area contributed by atoms with Crippen LogP contribution in [0.2, 0.25) is 0 Å². The lowest BCUT2D eigenvalue weighted by Crippen LogP contribution is -2.24. The minimum absolute atomic E-state index is 0.0586. The quantitative estimate of drug-likeness (QED) is 0.574. The molecular formula is C16H14N2O4S. The molecule has 0 saturated heterocycles. The van der Waals surface area contributed by atoms with Gasteiger partial charge in [0, 0.05) is 6.54 Å². The van der Waals surface area contributed by atoms with Gasteiger partial charge in [0.15, 0.2) is 16.4 Å². The van der Waals surface area contributed by atoms with E-state index in [9.17, 15) is 18.6 Å². The fourth-order valence-electron chi connectivity index (χ4n) is 1.80. The molecule has 2 rings (SSSR count). The van der Waals surface area contributed by atoms with Crippen LogP contribution < -0.4 is 4.72 Å². The molecule has 0 saturated carbocycles. The maximum absolute atomic E-state index is 12.2. The molecule has 0 aliphatic heterocycles. The number of hydrogen-bond acceptors (Lipinski definition) is 5. The first kappa shape index (κ1) is 16.5. The van der Waals surface area contributed by atoms with Crippen molar-refractivity contribution in [1.29, 1.82) is 5.26 Å². The smallest absolute Gasteiger partial charge is 0.251 e. The van der Waals surface area contributed by atoms with E-state index in [4.69, 9.17) is 5.26 Å². The number of nitrogens with one attached hydrogen (secondary N) is 1. The van der Waals surface area contributed by atoms with E-state index < -0.39 is 20.7 Å². The first-order valence-corrected chi connectivity index (χ1v) is 8.08. The van der Waals surface area contributed by atoms with Crippen molar-refractivity contribution < 1.29 is 18.6 Å². The van der Waals surface area contributed by atoms with Gasteiger partial charge in [0.05, 0.1) is 0 Å². The fraction of sp³-hybridized carbons (Fsp3) is 0.0625. The Labute approximate surface area is 134 Å². The molecule has 2 aromatic rings. The van der Waals surface area contributed by atoms with Crippen LogP contribution >= 0.6 is 0 Å². The first-order valence-electron chi connectivity index (χ1n) is 6.60. The van der Waals surface area contributed by atoms with Gasteiger partial charge in [0.1, 0.15) is 6.07 Å². The number of allylic oxidation sites excluding steroid dienone is 1. The summed E-state index contributed by atoms with van der Waals surface area (Å²) in [6.07, 6.45) is 1.12. The minimum Gasteiger partial charge on any atom is -0.504 e. The molecule has 0 aromatic heterocycles. The van der Waals surface area contributed by atoms with Crippen LogP contribution in [0.15, 0.2) is 53.4 Å². The van der Waals surface area contributed by atoms with Gasteiger partial charge >= 0.3 is 0 Å². The number of hydrogen-bond donors (Lipinski definition) is 3. The summed E-state index contributed by atoms with van der Waals surface area (Å²) in [6, 6.07) is 14.3. The van der Waals surface area contributed by atoms with Crippen molar-refractivity contribution in [1.82, 2.24) is 4.72 Å². The molecule has 7 heteroatoms. The Morgan fingerprint density at radius 1 is 1.13 bits per heavy atom. The van der Waals surface area contributed by atoms with Crippen molar-refractivity contribution in [3.63, 3.8) is 0 Å². The summed E-state index contributed by atoms with van der Waals surface area (Å²) in [5.74, 6) is -0.726. The lowest BCUT2D eigenvalue weighted by atomic mass is 10.2. The van der Waals surface area contributed by atoms with Gasteiger partial charge in [-0.05, 0) is 29.3 Å². The van der Waals surface area contributed by atoms with Gasteiger partial charge < -0.3 is 10.2 Å². The largest absolute Gasteiger partial charge is 0.504 e. The zero-order valence-corrected chi connectivity index (χ0v) is 12.8. The van der Waals surface area contributed by atoms with Crippen LogP contribution in [0.25, 0.3) is 6.08 Å². The van der Waals surface area contributed by atoms with E-state index in [1.165, 1.54) is 18.2 Å². The summed E-state index contributed by atoms with van der Waals surface area (Å²) in [5.41, 5.74) is 1.04. The van der Waals surface area contributed by atoms with E-state index in [1.807, 2.05) is 6.07 Å². The van der Waals surface area contributed by atoms with Crippen molar-refractivity contribution in [2.75, 3.05) is 0 Å². The summed E-state index contributed by atoms with van der Waals surface area (Å²) in [5, 5.41) is 27.7. The van der Waals surface area contributed by atoms with Gasteiger partial charge in [-0.1, -0.05) is 36.4 Å². The Morgan fingerprint density at radius 2 is 1.83 bits per heavy atom. The molecule has 6 nitrogen and oxygen atoms in total. The zero-order chi connectivity index (χ0) is 16.9. The Hall–Kier alpha value is -2.82. The van der Waals surface area contributed by atoms with Crippen molar-refractivity contribution in [3.8, 4) is 17.6 Å². The predicted molar refractivity (Wildman–Crippen MR) is 85.6 cm³/mol. The number of sulfonamides is 1. The van der Waals surface area contributed by atoms with E-state index in [-0.39, 0.29) is 17.9 Å². The maximum atomic E-state index is 12.2. The number of phenolic OH excluding ortho intramolecular Hbond substituents is 2. The summed E-state index contributed by atoms with van der Waals surface area (Å²) < 4.78 is 26.7. The molecule has 0 unspecified atom stereocenters. The van der Waals surface area contributed by atoms with Crippen LogP contribution in [0.5, 0.6) is 11.5 Å². The van der Waals surface area contributed by atoms with Crippen LogP contribution in [-0.2, 0) is 16.6 Å². The molecule has 0 atom stereocenters. The van der Waals surface area contributed by atoms with Gasteiger partial charge in [-0.3, -0.25) is 0 Å². The van der Waals surface area contributed by atoms with Crippen LogP contribution in [0.3, 0.4) is 0 Å². The van der Waals surface area contributed by atoms with E-state index >= 15 is 0 Å². The second kappa shape index (κ2) is 6.96. The lowest BCUT2D eigenvalue weighted by molar-refractivity contribution is 0.403. The standard InChI is InChI=1S/C16H14N2O4S/c17-10-14(8-13-6-7-15(19)16(20)9-13)23(21,22)18-11-12-4-2-1-3-5-12/h1-9,18-20H,11H2. The number of benzene rings is 2. The van der Waals surface area contributed by atoms with Crippen molar-refractivity contribution in [3.05, 3.63) is 64.6 Å². The molecule has 2 aromatic carbocycles. The normalized spacial score (nSPS) is 11.9. The molecule has 0 heterocycles. The van der Waals surface area contributed by atoms with Crippen LogP contribution in [0.1, 0.15) is 11.1 Å². The number of aromatic hydroxyl groups is 2. The molecular weight excluding hydrogens is 316 g/mol. The minimum atomic E-state index is -3.99. The van der Waals surface area contributed by atoms with Gasteiger partial charge in [0.2, 0.25) is 0 Å². The van der Waals surface area contributed by atoms with Crippen LogP contribution in [0, 0.1) is 11.3 Å². The highest BCUT2D eigenvalue weighted by Crippen LogP contribution is 2.26. The molecule has 0 bridgehead atoms. The average Bonchev–Trinajstić information content (AvgIpc) is 2.55.